The minimum absolute atomic E-state index is 0.0161. The highest BCUT2D eigenvalue weighted by Gasteiger charge is 2.51. The molecule has 3 rings (SSSR count). The summed E-state index contributed by atoms with van der Waals surface area (Å²) < 4.78 is 15.3. The number of rotatable bonds is 5. The summed E-state index contributed by atoms with van der Waals surface area (Å²) in [6.45, 7) is 2.90. The van der Waals surface area contributed by atoms with E-state index in [4.69, 9.17) is 0 Å². The fraction of sp³-hybridized carbons (Fsp3) is 0.333. The molecule has 1 nitrogen and oxygen atoms in total. The van der Waals surface area contributed by atoms with Crippen molar-refractivity contribution in [2.45, 2.75) is 31.2 Å². The van der Waals surface area contributed by atoms with E-state index >= 15 is 0 Å². The number of likely N-dealkylation sites (N-methyl/N-ethyl adjacent to an activating group) is 1. The summed E-state index contributed by atoms with van der Waals surface area (Å²) in [5, 5.41) is 3.51. The largest absolute Gasteiger partial charge is 0.309 e. The molecule has 1 unspecified atom stereocenters. The summed E-state index contributed by atoms with van der Waals surface area (Å²) in [4.78, 5) is 0. The fourth-order valence-electron chi connectivity index (χ4n) is 3.19. The molecule has 21 heavy (non-hydrogen) atoms. The third-order valence-electron chi connectivity index (χ3n) is 4.37. The summed E-state index contributed by atoms with van der Waals surface area (Å²) in [7, 11) is 0. The Hall–Kier alpha value is -1.19. The van der Waals surface area contributed by atoms with Crippen LogP contribution in [-0.2, 0) is 5.41 Å². The molecule has 1 aliphatic rings. The Kier molecular flexibility index (Phi) is 4.14. The van der Waals surface area contributed by atoms with Gasteiger partial charge in [0.15, 0.2) is 0 Å². The molecule has 1 atom stereocenters. The van der Waals surface area contributed by atoms with Crippen molar-refractivity contribution in [2.75, 3.05) is 6.54 Å². The lowest BCUT2D eigenvalue weighted by atomic mass is 9.83. The standard InChI is InChI=1S/C18H19BrFN/c1-2-21-17(15-12-14(19)8-9-16(15)20)18(10-11-18)13-6-4-3-5-7-13/h3-9,12,17,21H,2,10-11H2,1H3. The van der Waals surface area contributed by atoms with Crippen LogP contribution in [0.4, 0.5) is 4.39 Å². The third kappa shape index (κ3) is 2.77. The van der Waals surface area contributed by atoms with Crippen LogP contribution in [0.15, 0.2) is 53.0 Å². The highest BCUT2D eigenvalue weighted by atomic mass is 79.9. The highest BCUT2D eigenvalue weighted by Crippen LogP contribution is 2.56. The Morgan fingerprint density at radius 3 is 2.52 bits per heavy atom. The summed E-state index contributed by atoms with van der Waals surface area (Å²) in [6, 6.07) is 15.7. The van der Waals surface area contributed by atoms with Gasteiger partial charge < -0.3 is 5.32 Å². The molecule has 0 heterocycles. The second-order valence-corrected chi connectivity index (χ2v) is 6.59. The first-order valence-corrected chi connectivity index (χ1v) is 8.20. The molecular weight excluding hydrogens is 329 g/mol. The molecule has 3 heteroatoms. The van der Waals surface area contributed by atoms with E-state index in [2.05, 4.69) is 52.4 Å². The van der Waals surface area contributed by atoms with Crippen molar-refractivity contribution in [1.29, 1.82) is 0 Å². The van der Waals surface area contributed by atoms with Gasteiger partial charge in [-0.2, -0.15) is 0 Å². The minimum Gasteiger partial charge on any atom is -0.309 e. The van der Waals surface area contributed by atoms with Gasteiger partial charge in [-0.15, -0.1) is 0 Å². The molecule has 0 saturated heterocycles. The molecule has 110 valence electrons. The average molecular weight is 348 g/mol. The number of hydrogen-bond acceptors (Lipinski definition) is 1. The molecule has 0 amide bonds. The smallest absolute Gasteiger partial charge is 0.128 e. The van der Waals surface area contributed by atoms with Crippen molar-refractivity contribution < 1.29 is 4.39 Å². The quantitative estimate of drug-likeness (QED) is 0.804. The average Bonchev–Trinajstić information content (AvgIpc) is 3.30. The van der Waals surface area contributed by atoms with Gasteiger partial charge in [-0.25, -0.2) is 4.39 Å². The van der Waals surface area contributed by atoms with Crippen LogP contribution in [0.2, 0.25) is 0 Å². The Morgan fingerprint density at radius 2 is 1.90 bits per heavy atom. The van der Waals surface area contributed by atoms with Gasteiger partial charge in [-0.05, 0) is 43.1 Å². The van der Waals surface area contributed by atoms with Crippen LogP contribution < -0.4 is 5.32 Å². The predicted octanol–water partition coefficient (Wildman–Crippen LogP) is 4.97. The Morgan fingerprint density at radius 1 is 1.19 bits per heavy atom. The second-order valence-electron chi connectivity index (χ2n) is 5.68. The molecule has 1 saturated carbocycles. The number of nitrogens with one attached hydrogen (secondary N) is 1. The van der Waals surface area contributed by atoms with Gasteiger partial charge >= 0.3 is 0 Å². The van der Waals surface area contributed by atoms with E-state index in [0.717, 1.165) is 29.4 Å². The van der Waals surface area contributed by atoms with Gasteiger partial charge in [0.1, 0.15) is 5.82 Å². The summed E-state index contributed by atoms with van der Waals surface area (Å²) in [6.07, 6.45) is 2.20. The number of benzene rings is 2. The SMILES string of the molecule is CCNC(c1cc(Br)ccc1F)C1(c2ccccc2)CC1. The zero-order valence-electron chi connectivity index (χ0n) is 12.1. The first kappa shape index (κ1) is 14.7. The molecule has 2 aromatic carbocycles. The van der Waals surface area contributed by atoms with Gasteiger partial charge in [-0.1, -0.05) is 53.2 Å². The number of halogens is 2. The zero-order chi connectivity index (χ0) is 14.9. The maximum atomic E-state index is 14.4. The van der Waals surface area contributed by atoms with Crippen LogP contribution in [0.1, 0.15) is 36.9 Å². The van der Waals surface area contributed by atoms with Crippen molar-refractivity contribution >= 4 is 15.9 Å². The van der Waals surface area contributed by atoms with E-state index in [-0.39, 0.29) is 17.3 Å². The number of hydrogen-bond donors (Lipinski definition) is 1. The van der Waals surface area contributed by atoms with E-state index in [1.54, 1.807) is 12.1 Å². The lowest BCUT2D eigenvalue weighted by Crippen LogP contribution is -2.32. The van der Waals surface area contributed by atoms with Gasteiger partial charge in [0.05, 0.1) is 0 Å². The first-order chi connectivity index (χ1) is 10.2. The summed E-state index contributed by atoms with van der Waals surface area (Å²) in [5.41, 5.74) is 2.08. The van der Waals surface area contributed by atoms with E-state index in [0.29, 0.717) is 0 Å². The highest BCUT2D eigenvalue weighted by molar-refractivity contribution is 9.10. The molecule has 1 N–H and O–H groups in total. The maximum Gasteiger partial charge on any atom is 0.128 e. The zero-order valence-corrected chi connectivity index (χ0v) is 13.7. The molecule has 0 bridgehead atoms. The Labute approximate surface area is 133 Å². The molecule has 2 aromatic rings. The Balaban J connectivity index is 2.04. The second kappa shape index (κ2) is 5.90. The summed E-state index contributed by atoms with van der Waals surface area (Å²) >= 11 is 3.46. The van der Waals surface area contributed by atoms with Crippen LogP contribution in [0, 0.1) is 5.82 Å². The van der Waals surface area contributed by atoms with Crippen LogP contribution in [-0.4, -0.2) is 6.54 Å². The van der Waals surface area contributed by atoms with Crippen molar-refractivity contribution in [2.24, 2.45) is 0 Å². The van der Waals surface area contributed by atoms with Gasteiger partial charge in [0.2, 0.25) is 0 Å². The summed E-state index contributed by atoms with van der Waals surface area (Å²) in [5.74, 6) is -0.133. The van der Waals surface area contributed by atoms with Crippen molar-refractivity contribution in [1.82, 2.24) is 5.32 Å². The van der Waals surface area contributed by atoms with Gasteiger partial charge in [0, 0.05) is 21.5 Å². The van der Waals surface area contributed by atoms with E-state index in [9.17, 15) is 4.39 Å². The minimum atomic E-state index is -0.133. The third-order valence-corrected chi connectivity index (χ3v) is 4.86. The van der Waals surface area contributed by atoms with Crippen molar-refractivity contribution in [3.05, 3.63) is 69.9 Å². The van der Waals surface area contributed by atoms with Gasteiger partial charge in [0.25, 0.3) is 0 Å². The molecule has 0 spiro atoms. The van der Waals surface area contributed by atoms with Crippen molar-refractivity contribution in [3.63, 3.8) is 0 Å². The van der Waals surface area contributed by atoms with Gasteiger partial charge in [-0.3, -0.25) is 0 Å². The molecule has 0 aliphatic heterocycles. The van der Waals surface area contributed by atoms with E-state index in [1.807, 2.05) is 12.1 Å². The topological polar surface area (TPSA) is 12.0 Å². The van der Waals surface area contributed by atoms with Crippen LogP contribution >= 0.6 is 15.9 Å². The van der Waals surface area contributed by atoms with E-state index < -0.39 is 0 Å². The predicted molar refractivity (Wildman–Crippen MR) is 87.9 cm³/mol. The molecule has 1 fully saturated rings. The lowest BCUT2D eigenvalue weighted by Gasteiger charge is -2.29. The fourth-order valence-corrected chi connectivity index (χ4v) is 3.57. The normalized spacial score (nSPS) is 17.5. The van der Waals surface area contributed by atoms with Crippen LogP contribution in [0.3, 0.4) is 0 Å². The molecule has 1 aliphatic carbocycles. The van der Waals surface area contributed by atoms with Crippen LogP contribution in [0.25, 0.3) is 0 Å². The van der Waals surface area contributed by atoms with Crippen LogP contribution in [0.5, 0.6) is 0 Å². The molecular formula is C18H19BrFN. The maximum absolute atomic E-state index is 14.4. The lowest BCUT2D eigenvalue weighted by molar-refractivity contribution is 0.421. The first-order valence-electron chi connectivity index (χ1n) is 7.41. The molecule has 0 aromatic heterocycles. The monoisotopic (exact) mass is 347 g/mol. The van der Waals surface area contributed by atoms with E-state index in [1.165, 1.54) is 5.56 Å². The molecule has 0 radical (unpaired) electrons. The van der Waals surface area contributed by atoms with Crippen molar-refractivity contribution in [3.8, 4) is 0 Å². The Bertz CT molecular complexity index is 622.